The maximum atomic E-state index is 13.0. The van der Waals surface area contributed by atoms with Crippen LogP contribution in [0.1, 0.15) is 37.3 Å². The molecule has 3 heterocycles. The molecule has 5 heteroatoms. The van der Waals surface area contributed by atoms with Crippen LogP contribution < -0.4 is 10.2 Å². The Morgan fingerprint density at radius 1 is 1.48 bits per heavy atom. The van der Waals surface area contributed by atoms with Gasteiger partial charge in [0.1, 0.15) is 12.0 Å². The van der Waals surface area contributed by atoms with Gasteiger partial charge in [0.25, 0.3) is 5.91 Å². The summed E-state index contributed by atoms with van der Waals surface area (Å²) < 4.78 is 5.30. The van der Waals surface area contributed by atoms with Gasteiger partial charge >= 0.3 is 5.97 Å². The molecule has 0 radical (unpaired) electrons. The number of hydrogen-bond acceptors (Lipinski definition) is 3. The van der Waals surface area contributed by atoms with Crippen LogP contribution in [0.2, 0.25) is 0 Å². The van der Waals surface area contributed by atoms with E-state index in [2.05, 4.69) is 11.4 Å². The van der Waals surface area contributed by atoms with Crippen LogP contribution in [-0.4, -0.2) is 31.1 Å². The summed E-state index contributed by atoms with van der Waals surface area (Å²) in [5.41, 5.74) is 2.48. The summed E-state index contributed by atoms with van der Waals surface area (Å²) >= 11 is 0. The molecule has 4 rings (SSSR count). The van der Waals surface area contributed by atoms with E-state index >= 15 is 0 Å². The molecular formula is C18H23N2O3+. The lowest BCUT2D eigenvalue weighted by molar-refractivity contribution is -0.947. The topological polar surface area (TPSA) is 59.8 Å². The van der Waals surface area contributed by atoms with Gasteiger partial charge in [0.05, 0.1) is 18.8 Å². The zero-order valence-electron chi connectivity index (χ0n) is 13.6. The van der Waals surface area contributed by atoms with Crippen molar-refractivity contribution in [3.8, 4) is 0 Å². The van der Waals surface area contributed by atoms with Gasteiger partial charge in [-0.2, -0.15) is 0 Å². The number of benzene rings is 1. The zero-order valence-corrected chi connectivity index (χ0v) is 13.6. The molecule has 5 nitrogen and oxygen atoms in total. The van der Waals surface area contributed by atoms with Crippen LogP contribution in [0, 0.1) is 12.8 Å². The molecule has 0 bridgehead atoms. The van der Waals surface area contributed by atoms with Gasteiger partial charge in [-0.1, -0.05) is 18.2 Å². The van der Waals surface area contributed by atoms with Gasteiger partial charge in [-0.05, 0) is 19.4 Å². The van der Waals surface area contributed by atoms with E-state index in [1.54, 1.807) is 0 Å². The lowest BCUT2D eigenvalue weighted by Crippen LogP contribution is -3.19. The Morgan fingerprint density at radius 3 is 3.09 bits per heavy atom. The highest BCUT2D eigenvalue weighted by atomic mass is 16.5. The van der Waals surface area contributed by atoms with Crippen LogP contribution in [0.15, 0.2) is 18.2 Å². The first-order chi connectivity index (χ1) is 11.1. The minimum atomic E-state index is -0.611. The third-order valence-corrected chi connectivity index (χ3v) is 5.92. The van der Waals surface area contributed by atoms with E-state index in [9.17, 15) is 9.59 Å². The van der Waals surface area contributed by atoms with Gasteiger partial charge in [0, 0.05) is 24.8 Å². The maximum absolute atomic E-state index is 13.0. The van der Waals surface area contributed by atoms with E-state index in [4.69, 9.17) is 4.74 Å². The molecule has 1 spiro atoms. The Kier molecular flexibility index (Phi) is 3.23. The van der Waals surface area contributed by atoms with Crippen molar-refractivity contribution in [2.75, 3.05) is 18.5 Å². The monoisotopic (exact) mass is 315 g/mol. The van der Waals surface area contributed by atoms with Crippen LogP contribution in [0.3, 0.4) is 0 Å². The minimum Gasteiger partial charge on any atom is -0.466 e. The SMILES string of the molecule is CCOC(=O)[C@H]1C[C@]2(C(=O)Nc3c(C)cccc32)[NH+]2CCC[C@@H]12. The molecular weight excluding hydrogens is 292 g/mol. The number of esters is 1. The average Bonchev–Trinajstić information content (AvgIpc) is 3.17. The third kappa shape index (κ3) is 1.83. The number of rotatable bonds is 2. The molecule has 0 aliphatic carbocycles. The second-order valence-corrected chi connectivity index (χ2v) is 6.94. The maximum Gasteiger partial charge on any atom is 0.315 e. The number of anilines is 1. The predicted molar refractivity (Wildman–Crippen MR) is 85.1 cm³/mol. The predicted octanol–water partition coefficient (Wildman–Crippen LogP) is 0.773. The number of aryl methyl sites for hydroxylation is 1. The minimum absolute atomic E-state index is 0.0514. The molecule has 0 saturated carbocycles. The van der Waals surface area contributed by atoms with Crippen molar-refractivity contribution in [2.45, 2.75) is 44.7 Å². The molecule has 1 aromatic rings. The molecule has 1 aromatic carbocycles. The smallest absolute Gasteiger partial charge is 0.315 e. The molecule has 2 saturated heterocycles. The van der Waals surface area contributed by atoms with Crippen molar-refractivity contribution in [1.82, 2.24) is 0 Å². The van der Waals surface area contributed by atoms with Crippen LogP contribution in [0.4, 0.5) is 5.69 Å². The highest BCUT2D eigenvalue weighted by Crippen LogP contribution is 2.45. The second kappa shape index (κ2) is 5.06. The first-order valence-electron chi connectivity index (χ1n) is 8.54. The van der Waals surface area contributed by atoms with Crippen LogP contribution in [0.25, 0.3) is 0 Å². The first-order valence-corrected chi connectivity index (χ1v) is 8.54. The zero-order chi connectivity index (χ0) is 16.2. The molecule has 122 valence electrons. The fraction of sp³-hybridized carbons (Fsp3) is 0.556. The molecule has 3 aliphatic rings. The van der Waals surface area contributed by atoms with Crippen molar-refractivity contribution in [3.05, 3.63) is 29.3 Å². The lowest BCUT2D eigenvalue weighted by Gasteiger charge is -2.29. The summed E-state index contributed by atoms with van der Waals surface area (Å²) in [6, 6.07) is 6.28. The number of para-hydroxylation sites is 1. The van der Waals surface area contributed by atoms with Crippen LogP contribution in [0.5, 0.6) is 0 Å². The van der Waals surface area contributed by atoms with Gasteiger partial charge in [0.15, 0.2) is 0 Å². The number of hydrogen-bond donors (Lipinski definition) is 2. The molecule has 0 aromatic heterocycles. The van der Waals surface area contributed by atoms with E-state index in [0.717, 1.165) is 36.2 Å². The van der Waals surface area contributed by atoms with Crippen molar-refractivity contribution in [2.24, 2.45) is 5.92 Å². The largest absolute Gasteiger partial charge is 0.466 e. The summed E-state index contributed by atoms with van der Waals surface area (Å²) in [4.78, 5) is 26.7. The fourth-order valence-corrected chi connectivity index (χ4v) is 5.00. The second-order valence-electron chi connectivity index (χ2n) is 6.94. The van der Waals surface area contributed by atoms with Crippen LogP contribution in [-0.2, 0) is 19.9 Å². The van der Waals surface area contributed by atoms with Crippen LogP contribution >= 0.6 is 0 Å². The first kappa shape index (κ1) is 14.7. The highest BCUT2D eigenvalue weighted by Gasteiger charge is 2.67. The number of ether oxygens (including phenoxy) is 1. The van der Waals surface area contributed by atoms with Crippen molar-refractivity contribution < 1.29 is 19.2 Å². The Bertz CT molecular complexity index is 687. The molecule has 1 amide bonds. The Hall–Kier alpha value is -1.88. The summed E-state index contributed by atoms with van der Waals surface area (Å²) in [7, 11) is 0. The van der Waals surface area contributed by atoms with Gasteiger partial charge < -0.3 is 15.0 Å². The fourth-order valence-electron chi connectivity index (χ4n) is 5.00. The van der Waals surface area contributed by atoms with Gasteiger partial charge in [-0.15, -0.1) is 0 Å². The molecule has 4 atom stereocenters. The number of carbonyl (C=O) groups excluding carboxylic acids is 2. The van der Waals surface area contributed by atoms with Gasteiger partial charge in [-0.3, -0.25) is 9.59 Å². The molecule has 1 unspecified atom stereocenters. The number of carbonyl (C=O) groups is 2. The molecule has 23 heavy (non-hydrogen) atoms. The highest BCUT2D eigenvalue weighted by molar-refractivity contribution is 6.06. The summed E-state index contributed by atoms with van der Waals surface area (Å²) in [5.74, 6) is -0.261. The third-order valence-electron chi connectivity index (χ3n) is 5.92. The van der Waals surface area contributed by atoms with Crippen molar-refractivity contribution in [3.63, 3.8) is 0 Å². The Morgan fingerprint density at radius 2 is 2.30 bits per heavy atom. The number of quaternary nitrogens is 1. The normalized spacial score (nSPS) is 34.3. The summed E-state index contributed by atoms with van der Waals surface area (Å²) in [5, 5.41) is 3.09. The van der Waals surface area contributed by atoms with E-state index in [1.807, 2.05) is 26.0 Å². The van der Waals surface area contributed by atoms with Gasteiger partial charge in [-0.25, -0.2) is 0 Å². The van der Waals surface area contributed by atoms with E-state index in [-0.39, 0.29) is 23.8 Å². The van der Waals surface area contributed by atoms with Gasteiger partial charge in [0.2, 0.25) is 5.54 Å². The molecule has 3 aliphatic heterocycles. The molecule has 2 fully saturated rings. The average molecular weight is 315 g/mol. The Labute approximate surface area is 136 Å². The number of nitrogens with one attached hydrogen (secondary N) is 2. The van der Waals surface area contributed by atoms with Crippen molar-refractivity contribution in [1.29, 1.82) is 0 Å². The van der Waals surface area contributed by atoms with E-state index in [0.29, 0.717) is 13.0 Å². The number of amides is 1. The summed E-state index contributed by atoms with van der Waals surface area (Å²) in [6.45, 7) is 5.20. The lowest BCUT2D eigenvalue weighted by atomic mass is 9.84. The van der Waals surface area contributed by atoms with E-state index < -0.39 is 5.54 Å². The standard InChI is InChI=1S/C18H22N2O3/c1-3-23-16(21)12-10-18(20-9-5-8-14(12)20)13-7-4-6-11(2)15(13)19-17(18)22/h4,6-7,12,14H,3,5,8-10H2,1-2H3,(H,19,22)/p+1/t12-,14-,18-/m0/s1. The Balaban J connectivity index is 1.81. The molecule has 2 N–H and O–H groups in total. The van der Waals surface area contributed by atoms with E-state index in [1.165, 1.54) is 4.90 Å². The quantitative estimate of drug-likeness (QED) is 0.793. The van der Waals surface area contributed by atoms with Crippen molar-refractivity contribution >= 4 is 17.6 Å². The number of fused-ring (bicyclic) bond motifs is 4. The summed E-state index contributed by atoms with van der Waals surface area (Å²) in [6.07, 6.45) is 2.62.